The van der Waals surface area contributed by atoms with Crippen molar-refractivity contribution in [2.24, 2.45) is 5.73 Å². The summed E-state index contributed by atoms with van der Waals surface area (Å²) in [6.07, 6.45) is 1.36. The van der Waals surface area contributed by atoms with Gasteiger partial charge in [-0.15, -0.1) is 0 Å². The number of carbonyl (C=O) groups is 1. The number of ether oxygens (including phenoxy) is 2. The summed E-state index contributed by atoms with van der Waals surface area (Å²) in [7, 11) is 0. The molecule has 1 saturated heterocycles. The van der Waals surface area contributed by atoms with Crippen LogP contribution in [0.15, 0.2) is 0 Å². The van der Waals surface area contributed by atoms with Crippen LogP contribution in [0.4, 0.5) is 0 Å². The van der Waals surface area contributed by atoms with Crippen molar-refractivity contribution in [1.29, 1.82) is 0 Å². The summed E-state index contributed by atoms with van der Waals surface area (Å²) in [5.41, 5.74) is 4.93. The Balaban J connectivity index is 2.57. The van der Waals surface area contributed by atoms with Crippen molar-refractivity contribution in [1.82, 2.24) is 0 Å². The second-order valence-corrected chi connectivity index (χ2v) is 3.55. The number of nitrogens with two attached hydrogens (primary N) is 1. The van der Waals surface area contributed by atoms with Gasteiger partial charge in [-0.2, -0.15) is 0 Å². The molecule has 0 bridgehead atoms. The molecule has 0 aromatic carbocycles. The summed E-state index contributed by atoms with van der Waals surface area (Å²) in [6, 6.07) is 0.0446. The molecule has 0 spiro atoms. The molecule has 1 fully saturated rings. The smallest absolute Gasteiger partial charge is 0.338 e. The Morgan fingerprint density at radius 1 is 1.77 bits per heavy atom. The second kappa shape index (κ2) is 4.07. The molecule has 0 saturated carbocycles. The van der Waals surface area contributed by atoms with Gasteiger partial charge in [-0.25, -0.2) is 4.79 Å². The molecule has 0 radical (unpaired) electrons. The fraction of sp³-hybridized carbons (Fsp3) is 0.889. The molecule has 2 unspecified atom stereocenters. The largest absolute Gasteiger partial charge is 0.464 e. The second-order valence-electron chi connectivity index (χ2n) is 3.55. The molecule has 2 N–H and O–H groups in total. The van der Waals surface area contributed by atoms with Gasteiger partial charge < -0.3 is 15.2 Å². The van der Waals surface area contributed by atoms with Gasteiger partial charge in [-0.05, 0) is 20.3 Å². The molecule has 0 aliphatic carbocycles. The van der Waals surface area contributed by atoms with E-state index in [0.717, 1.165) is 6.42 Å². The zero-order valence-electron chi connectivity index (χ0n) is 8.21. The molecule has 1 aliphatic rings. The van der Waals surface area contributed by atoms with Gasteiger partial charge in [0.15, 0.2) is 5.60 Å². The zero-order chi connectivity index (χ0) is 9.90. The minimum absolute atomic E-state index is 0.0446. The predicted molar refractivity (Wildman–Crippen MR) is 48.2 cm³/mol. The number of carbonyl (C=O) groups excluding carboxylic acids is 1. The lowest BCUT2D eigenvalue weighted by Gasteiger charge is -2.34. The van der Waals surface area contributed by atoms with Gasteiger partial charge in [0.05, 0.1) is 6.61 Å². The fourth-order valence-corrected chi connectivity index (χ4v) is 1.52. The Bertz CT molecular complexity index is 195. The molecule has 0 aromatic rings. The number of hydrogen-bond donors (Lipinski definition) is 1. The maximum atomic E-state index is 11.5. The van der Waals surface area contributed by atoms with Crippen molar-refractivity contribution >= 4 is 5.97 Å². The summed E-state index contributed by atoms with van der Waals surface area (Å²) < 4.78 is 10.3. The predicted octanol–water partition coefficient (Wildman–Crippen LogP) is 0.446. The average molecular weight is 187 g/mol. The Hall–Kier alpha value is -0.610. The summed E-state index contributed by atoms with van der Waals surface area (Å²) >= 11 is 0. The van der Waals surface area contributed by atoms with Crippen LogP contribution < -0.4 is 5.73 Å². The van der Waals surface area contributed by atoms with Gasteiger partial charge in [0, 0.05) is 19.1 Å². The minimum Gasteiger partial charge on any atom is -0.464 e. The molecular formula is C9H17NO3. The van der Waals surface area contributed by atoms with Gasteiger partial charge in [0.2, 0.25) is 0 Å². The topological polar surface area (TPSA) is 61.5 Å². The first-order valence-electron chi connectivity index (χ1n) is 4.65. The van der Waals surface area contributed by atoms with E-state index in [2.05, 4.69) is 0 Å². The van der Waals surface area contributed by atoms with Crippen LogP contribution in [0.5, 0.6) is 0 Å². The van der Waals surface area contributed by atoms with Crippen LogP contribution >= 0.6 is 0 Å². The van der Waals surface area contributed by atoms with E-state index in [1.54, 1.807) is 13.8 Å². The zero-order valence-corrected chi connectivity index (χ0v) is 8.21. The average Bonchev–Trinajstić information content (AvgIpc) is 2.04. The van der Waals surface area contributed by atoms with Crippen LogP contribution in [0, 0.1) is 0 Å². The number of esters is 1. The van der Waals surface area contributed by atoms with Crippen molar-refractivity contribution in [3.05, 3.63) is 0 Å². The van der Waals surface area contributed by atoms with Gasteiger partial charge in [0.25, 0.3) is 0 Å². The third-order valence-corrected chi connectivity index (χ3v) is 2.27. The standard InChI is InChI=1S/C9H17NO3/c1-3-12-8(11)9(2)6-7(10)4-5-13-9/h7H,3-6,10H2,1-2H3. The highest BCUT2D eigenvalue weighted by Crippen LogP contribution is 2.25. The molecule has 2 atom stereocenters. The summed E-state index contributed by atoms with van der Waals surface area (Å²) in [5.74, 6) is -0.301. The molecular weight excluding hydrogens is 170 g/mol. The third kappa shape index (κ3) is 2.42. The van der Waals surface area contributed by atoms with E-state index < -0.39 is 5.60 Å². The molecule has 4 heteroatoms. The first-order valence-corrected chi connectivity index (χ1v) is 4.65. The Morgan fingerprint density at radius 3 is 3.00 bits per heavy atom. The van der Waals surface area contributed by atoms with Crippen molar-refractivity contribution < 1.29 is 14.3 Å². The fourth-order valence-electron chi connectivity index (χ4n) is 1.52. The van der Waals surface area contributed by atoms with E-state index in [9.17, 15) is 4.79 Å². The number of hydrogen-bond acceptors (Lipinski definition) is 4. The highest BCUT2D eigenvalue weighted by atomic mass is 16.6. The van der Waals surface area contributed by atoms with Gasteiger partial charge in [-0.3, -0.25) is 0 Å². The normalized spacial score (nSPS) is 34.2. The van der Waals surface area contributed by atoms with Crippen LogP contribution in [0.2, 0.25) is 0 Å². The SMILES string of the molecule is CCOC(=O)C1(C)CC(N)CCO1. The van der Waals surface area contributed by atoms with Crippen molar-refractivity contribution in [2.75, 3.05) is 13.2 Å². The van der Waals surface area contributed by atoms with E-state index in [0.29, 0.717) is 19.6 Å². The van der Waals surface area contributed by atoms with Crippen LogP contribution in [-0.4, -0.2) is 30.8 Å². The molecule has 4 nitrogen and oxygen atoms in total. The molecule has 13 heavy (non-hydrogen) atoms. The van der Waals surface area contributed by atoms with Crippen LogP contribution in [0.3, 0.4) is 0 Å². The highest BCUT2D eigenvalue weighted by molar-refractivity contribution is 5.79. The molecule has 1 heterocycles. The van der Waals surface area contributed by atoms with Crippen molar-refractivity contribution in [3.63, 3.8) is 0 Å². The molecule has 1 rings (SSSR count). The molecule has 1 aliphatic heterocycles. The monoisotopic (exact) mass is 187 g/mol. The third-order valence-electron chi connectivity index (χ3n) is 2.27. The first-order chi connectivity index (χ1) is 6.08. The molecule has 0 aromatic heterocycles. The lowest BCUT2D eigenvalue weighted by Crippen LogP contribution is -2.49. The van der Waals surface area contributed by atoms with E-state index in [1.165, 1.54) is 0 Å². The van der Waals surface area contributed by atoms with Crippen molar-refractivity contribution in [2.45, 2.75) is 38.3 Å². The number of rotatable bonds is 2. The first kappa shape index (κ1) is 10.5. The quantitative estimate of drug-likeness (QED) is 0.637. The van der Waals surface area contributed by atoms with Crippen LogP contribution in [0.25, 0.3) is 0 Å². The highest BCUT2D eigenvalue weighted by Gasteiger charge is 2.40. The van der Waals surface area contributed by atoms with E-state index in [-0.39, 0.29) is 12.0 Å². The van der Waals surface area contributed by atoms with Crippen LogP contribution in [0.1, 0.15) is 26.7 Å². The summed E-state index contributed by atoms with van der Waals surface area (Å²) in [4.78, 5) is 11.5. The maximum absolute atomic E-state index is 11.5. The van der Waals surface area contributed by atoms with Gasteiger partial charge in [-0.1, -0.05) is 0 Å². The molecule has 76 valence electrons. The van der Waals surface area contributed by atoms with E-state index in [4.69, 9.17) is 15.2 Å². The lowest BCUT2D eigenvalue weighted by molar-refractivity contribution is -0.176. The van der Waals surface area contributed by atoms with Gasteiger partial charge in [0.1, 0.15) is 0 Å². The lowest BCUT2D eigenvalue weighted by atomic mass is 9.93. The molecule has 0 amide bonds. The van der Waals surface area contributed by atoms with Crippen LogP contribution in [-0.2, 0) is 14.3 Å². The Kier molecular flexibility index (Phi) is 3.27. The van der Waals surface area contributed by atoms with E-state index >= 15 is 0 Å². The maximum Gasteiger partial charge on any atom is 0.338 e. The summed E-state index contributed by atoms with van der Waals surface area (Å²) in [5, 5.41) is 0. The Labute approximate surface area is 78.4 Å². The summed E-state index contributed by atoms with van der Waals surface area (Å²) in [6.45, 7) is 4.44. The van der Waals surface area contributed by atoms with E-state index in [1.807, 2.05) is 0 Å². The minimum atomic E-state index is -0.826. The van der Waals surface area contributed by atoms with Gasteiger partial charge >= 0.3 is 5.97 Å². The van der Waals surface area contributed by atoms with Crippen molar-refractivity contribution in [3.8, 4) is 0 Å². The Morgan fingerprint density at radius 2 is 2.46 bits per heavy atom.